The van der Waals surface area contributed by atoms with E-state index < -0.39 is 23.2 Å². The number of nitriles is 1. The van der Waals surface area contributed by atoms with Gasteiger partial charge in [-0.3, -0.25) is 19.0 Å². The predicted molar refractivity (Wildman–Crippen MR) is 183 cm³/mol. The van der Waals surface area contributed by atoms with E-state index in [4.69, 9.17) is 18.9 Å². The van der Waals surface area contributed by atoms with Crippen LogP contribution in [-0.4, -0.2) is 92.1 Å². The molecule has 0 bridgehead atoms. The lowest BCUT2D eigenvalue weighted by atomic mass is 10.0. The van der Waals surface area contributed by atoms with E-state index in [9.17, 15) is 32.8 Å². The number of amides is 2. The smallest absolute Gasteiger partial charge is 0.377 e. The second kappa shape index (κ2) is 19.3. The van der Waals surface area contributed by atoms with E-state index in [1.54, 1.807) is 41.9 Å². The molecule has 2 aromatic heterocycles. The van der Waals surface area contributed by atoms with E-state index in [1.165, 1.54) is 31.3 Å². The number of benzene rings is 2. The molecule has 0 atom stereocenters. The Balaban J connectivity index is 1.40. The Kier molecular flexibility index (Phi) is 14.7. The number of carbonyl (C=O) groups is 2. The first kappa shape index (κ1) is 39.4. The van der Waals surface area contributed by atoms with Crippen molar-refractivity contribution in [3.05, 3.63) is 99.6 Å². The van der Waals surface area contributed by atoms with Gasteiger partial charge in [0, 0.05) is 37.0 Å². The maximum absolute atomic E-state index is 13.8. The first-order valence-electron chi connectivity index (χ1n) is 16.3. The Morgan fingerprint density at radius 3 is 2.00 bits per heavy atom. The maximum atomic E-state index is 13.8. The highest BCUT2D eigenvalue weighted by atomic mass is 19.4. The average molecular weight is 725 g/mol. The Morgan fingerprint density at radius 1 is 0.827 bits per heavy atom. The van der Waals surface area contributed by atoms with Crippen LogP contribution in [0.25, 0.3) is 22.6 Å². The fourth-order valence-electron chi connectivity index (χ4n) is 5.04. The molecule has 0 unspecified atom stereocenters. The Morgan fingerprint density at radius 2 is 1.42 bits per heavy atom. The van der Waals surface area contributed by atoms with E-state index in [2.05, 4.69) is 15.7 Å². The van der Waals surface area contributed by atoms with Gasteiger partial charge in [0.15, 0.2) is 0 Å². The standard InChI is InChI=1S/C36H39F3N6O7/c1-25-31(33-10-11-43-45(33)29-8-6-27(24-40)7-9-29)23-32(35(48)44(25)30-5-3-4-28(22-30)36(37,38)39)34(47)42-13-15-50-17-19-52-21-20-51-18-16-49-14-12-41-26(2)46/h3-11,22-23H,12-21H2,1-2H3,(H,41,46)(H,42,47). The van der Waals surface area contributed by atoms with Gasteiger partial charge in [0.05, 0.1) is 87.6 Å². The van der Waals surface area contributed by atoms with Crippen LogP contribution in [0.5, 0.6) is 0 Å². The lowest BCUT2D eigenvalue weighted by molar-refractivity contribution is -0.137. The van der Waals surface area contributed by atoms with Crippen molar-refractivity contribution in [1.29, 1.82) is 5.26 Å². The SMILES string of the molecule is CC(=O)NCCOCCOCCOCCOCCNC(=O)c1cc(-c2ccnn2-c2ccc(C#N)cc2)c(C)n(-c2cccc(C(F)(F)F)c2)c1=O. The highest BCUT2D eigenvalue weighted by Gasteiger charge is 2.31. The lowest BCUT2D eigenvalue weighted by Gasteiger charge is -2.19. The molecule has 0 spiro atoms. The van der Waals surface area contributed by atoms with Gasteiger partial charge in [-0.05, 0) is 61.5 Å². The van der Waals surface area contributed by atoms with Crippen molar-refractivity contribution in [3.8, 4) is 28.7 Å². The number of aromatic nitrogens is 3. The van der Waals surface area contributed by atoms with Crippen LogP contribution in [0, 0.1) is 18.3 Å². The third-order valence-electron chi connectivity index (χ3n) is 7.55. The van der Waals surface area contributed by atoms with Crippen molar-refractivity contribution in [2.45, 2.75) is 20.0 Å². The summed E-state index contributed by atoms with van der Waals surface area (Å²) in [6.45, 7) is 5.97. The van der Waals surface area contributed by atoms with Gasteiger partial charge in [-0.1, -0.05) is 6.07 Å². The topological polar surface area (TPSA) is 159 Å². The van der Waals surface area contributed by atoms with Crippen LogP contribution in [-0.2, 0) is 29.9 Å². The number of ether oxygens (including phenoxy) is 4. The van der Waals surface area contributed by atoms with Crippen molar-refractivity contribution < 1.29 is 41.7 Å². The molecule has 2 heterocycles. The largest absolute Gasteiger partial charge is 0.416 e. The quantitative estimate of drug-likeness (QED) is 0.137. The molecule has 2 aromatic carbocycles. The molecule has 0 aliphatic rings. The second-order valence-corrected chi connectivity index (χ2v) is 11.2. The van der Waals surface area contributed by atoms with E-state index in [0.29, 0.717) is 62.1 Å². The first-order valence-corrected chi connectivity index (χ1v) is 16.3. The second-order valence-electron chi connectivity index (χ2n) is 11.2. The molecule has 4 rings (SSSR count). The van der Waals surface area contributed by atoms with Gasteiger partial charge in [0.1, 0.15) is 5.56 Å². The summed E-state index contributed by atoms with van der Waals surface area (Å²) in [6, 6.07) is 16.0. The molecule has 0 radical (unpaired) electrons. The zero-order valence-corrected chi connectivity index (χ0v) is 28.7. The fourth-order valence-corrected chi connectivity index (χ4v) is 5.04. The summed E-state index contributed by atoms with van der Waals surface area (Å²) in [4.78, 5) is 38.0. The molecule has 2 amide bonds. The van der Waals surface area contributed by atoms with Crippen LogP contribution >= 0.6 is 0 Å². The van der Waals surface area contributed by atoms with Gasteiger partial charge in [-0.25, -0.2) is 4.68 Å². The minimum absolute atomic E-state index is 0.0409. The molecular formula is C36H39F3N6O7. The monoisotopic (exact) mass is 724 g/mol. The number of hydrogen-bond acceptors (Lipinski definition) is 9. The molecule has 52 heavy (non-hydrogen) atoms. The summed E-state index contributed by atoms with van der Waals surface area (Å²) in [5, 5.41) is 18.9. The molecule has 0 aliphatic heterocycles. The summed E-state index contributed by atoms with van der Waals surface area (Å²) in [5.74, 6) is -0.858. The van der Waals surface area contributed by atoms with Crippen LogP contribution in [0.15, 0.2) is 71.7 Å². The third-order valence-corrected chi connectivity index (χ3v) is 7.55. The number of halogens is 3. The molecule has 0 aliphatic carbocycles. The van der Waals surface area contributed by atoms with E-state index in [1.807, 2.05) is 6.07 Å². The third kappa shape index (κ3) is 11.1. The number of pyridine rings is 1. The van der Waals surface area contributed by atoms with Crippen LogP contribution in [0.1, 0.15) is 34.1 Å². The average Bonchev–Trinajstić information content (AvgIpc) is 3.61. The highest BCUT2D eigenvalue weighted by Crippen LogP contribution is 2.32. The Bertz CT molecular complexity index is 1900. The van der Waals surface area contributed by atoms with Gasteiger partial charge in [0.25, 0.3) is 11.5 Å². The van der Waals surface area contributed by atoms with Crippen LogP contribution < -0.4 is 16.2 Å². The minimum Gasteiger partial charge on any atom is -0.377 e. The molecule has 13 nitrogen and oxygen atoms in total. The zero-order chi connectivity index (χ0) is 37.5. The van der Waals surface area contributed by atoms with E-state index in [0.717, 1.165) is 16.7 Å². The molecule has 4 aromatic rings. The summed E-state index contributed by atoms with van der Waals surface area (Å²) >= 11 is 0. The van der Waals surface area contributed by atoms with Gasteiger partial charge in [-0.15, -0.1) is 0 Å². The van der Waals surface area contributed by atoms with Crippen molar-refractivity contribution in [2.24, 2.45) is 0 Å². The summed E-state index contributed by atoms with van der Waals surface area (Å²) in [7, 11) is 0. The minimum atomic E-state index is -4.66. The molecular weight excluding hydrogens is 685 g/mol. The van der Waals surface area contributed by atoms with Crippen molar-refractivity contribution >= 4 is 11.8 Å². The van der Waals surface area contributed by atoms with Gasteiger partial charge in [-0.2, -0.15) is 23.5 Å². The fraction of sp³-hybridized carbons (Fsp3) is 0.361. The highest BCUT2D eigenvalue weighted by molar-refractivity contribution is 5.95. The lowest BCUT2D eigenvalue weighted by Crippen LogP contribution is -2.35. The molecule has 0 saturated heterocycles. The molecule has 0 saturated carbocycles. The summed E-state index contributed by atoms with van der Waals surface area (Å²) < 4.78 is 65.3. The number of alkyl halides is 3. The predicted octanol–water partition coefficient (Wildman–Crippen LogP) is 3.82. The number of rotatable bonds is 19. The number of nitrogens with one attached hydrogen (secondary N) is 2. The molecule has 16 heteroatoms. The van der Waals surface area contributed by atoms with Crippen LogP contribution in [0.2, 0.25) is 0 Å². The molecule has 0 fully saturated rings. The zero-order valence-electron chi connectivity index (χ0n) is 28.7. The Labute approximate surface area is 297 Å². The van der Waals surface area contributed by atoms with Gasteiger partial charge in [0.2, 0.25) is 5.91 Å². The number of carbonyl (C=O) groups excluding carboxylic acids is 2. The Hall–Kier alpha value is -5.34. The van der Waals surface area contributed by atoms with E-state index in [-0.39, 0.29) is 49.2 Å². The normalized spacial score (nSPS) is 11.3. The van der Waals surface area contributed by atoms with Crippen molar-refractivity contribution in [2.75, 3.05) is 65.9 Å². The molecule has 2 N–H and O–H groups in total. The van der Waals surface area contributed by atoms with Crippen molar-refractivity contribution in [3.63, 3.8) is 0 Å². The molecule has 276 valence electrons. The first-order chi connectivity index (χ1) is 25.0. The number of hydrogen-bond donors (Lipinski definition) is 2. The van der Waals surface area contributed by atoms with Gasteiger partial charge >= 0.3 is 6.18 Å². The van der Waals surface area contributed by atoms with E-state index >= 15 is 0 Å². The maximum Gasteiger partial charge on any atom is 0.416 e. The summed E-state index contributed by atoms with van der Waals surface area (Å²) in [5.41, 5.74) is -0.0179. The van der Waals surface area contributed by atoms with Crippen LogP contribution in [0.3, 0.4) is 0 Å². The number of nitrogens with zero attached hydrogens (tertiary/aromatic N) is 4. The van der Waals surface area contributed by atoms with Crippen molar-refractivity contribution in [1.82, 2.24) is 25.0 Å². The summed E-state index contributed by atoms with van der Waals surface area (Å²) in [6.07, 6.45) is -3.15. The van der Waals surface area contributed by atoms with Crippen LogP contribution in [0.4, 0.5) is 13.2 Å². The van der Waals surface area contributed by atoms with Gasteiger partial charge < -0.3 is 29.6 Å².